The fourth-order valence-electron chi connectivity index (χ4n) is 2.05. The zero-order chi connectivity index (χ0) is 17.7. The fraction of sp³-hybridized carbons (Fsp3) is 0.278. The number of nitrogens with zero attached hydrogens (tertiary/aromatic N) is 1. The van der Waals surface area contributed by atoms with Crippen LogP contribution < -0.4 is 16.0 Å². The predicted octanol–water partition coefficient (Wildman–Crippen LogP) is 3.31. The van der Waals surface area contributed by atoms with Gasteiger partial charge in [0.2, 0.25) is 5.91 Å². The maximum atomic E-state index is 12.2. The van der Waals surface area contributed by atoms with Crippen molar-refractivity contribution in [3.05, 3.63) is 48.3 Å². The van der Waals surface area contributed by atoms with E-state index in [9.17, 15) is 9.59 Å². The minimum Gasteiger partial charge on any atom is -0.354 e. The molecule has 2 amide bonds. The van der Waals surface area contributed by atoms with E-state index in [1.165, 1.54) is 13.1 Å². The van der Waals surface area contributed by atoms with Gasteiger partial charge in [-0.25, -0.2) is 0 Å². The minimum absolute atomic E-state index is 0.113. The Bertz CT molecular complexity index is 733. The predicted molar refractivity (Wildman–Crippen MR) is 95.5 cm³/mol. The molecule has 6 heteroatoms. The molecule has 0 unspecified atom stereocenters. The normalized spacial score (nSPS) is 10.8. The highest BCUT2D eigenvalue weighted by Crippen LogP contribution is 2.19. The van der Waals surface area contributed by atoms with Crippen molar-refractivity contribution in [1.82, 2.24) is 10.3 Å². The second-order valence-corrected chi connectivity index (χ2v) is 6.55. The third-order valence-corrected chi connectivity index (χ3v) is 2.98. The number of aromatic nitrogens is 1. The summed E-state index contributed by atoms with van der Waals surface area (Å²) in [7, 11) is 0. The Kier molecular flexibility index (Phi) is 5.18. The van der Waals surface area contributed by atoms with Crippen LogP contribution in [-0.2, 0) is 4.79 Å². The van der Waals surface area contributed by atoms with Crippen LogP contribution in [0.5, 0.6) is 0 Å². The number of pyridine rings is 1. The maximum Gasteiger partial charge on any atom is 0.253 e. The van der Waals surface area contributed by atoms with Crippen LogP contribution in [0.25, 0.3) is 0 Å². The van der Waals surface area contributed by atoms with Gasteiger partial charge in [0.1, 0.15) is 0 Å². The Labute approximate surface area is 141 Å². The second kappa shape index (κ2) is 7.12. The highest BCUT2D eigenvalue weighted by Gasteiger charge is 2.15. The summed E-state index contributed by atoms with van der Waals surface area (Å²) in [6.07, 6.45) is 3.18. The summed E-state index contributed by atoms with van der Waals surface area (Å²) < 4.78 is 0. The van der Waals surface area contributed by atoms with Crippen molar-refractivity contribution < 1.29 is 9.59 Å². The van der Waals surface area contributed by atoms with Gasteiger partial charge in [-0.15, -0.1) is 0 Å². The SMILES string of the molecule is CC(=O)Nc1ccc(Nc2cncc(C(=O)NC(C)(C)C)c2)cc1. The Morgan fingerprint density at radius 2 is 1.58 bits per heavy atom. The van der Waals surface area contributed by atoms with Crippen molar-refractivity contribution in [3.63, 3.8) is 0 Å². The van der Waals surface area contributed by atoms with Crippen molar-refractivity contribution in [2.75, 3.05) is 10.6 Å². The molecule has 0 radical (unpaired) electrons. The molecule has 2 aromatic rings. The van der Waals surface area contributed by atoms with Crippen LogP contribution in [0.15, 0.2) is 42.7 Å². The van der Waals surface area contributed by atoms with Crippen molar-refractivity contribution in [2.45, 2.75) is 33.2 Å². The lowest BCUT2D eigenvalue weighted by atomic mass is 10.1. The van der Waals surface area contributed by atoms with Gasteiger partial charge in [0.15, 0.2) is 0 Å². The first-order valence-corrected chi connectivity index (χ1v) is 7.65. The van der Waals surface area contributed by atoms with Crippen molar-refractivity contribution in [1.29, 1.82) is 0 Å². The van der Waals surface area contributed by atoms with Crippen molar-refractivity contribution in [2.24, 2.45) is 0 Å². The second-order valence-electron chi connectivity index (χ2n) is 6.55. The molecule has 0 spiro atoms. The van der Waals surface area contributed by atoms with Gasteiger partial charge in [0.05, 0.1) is 17.4 Å². The summed E-state index contributed by atoms with van der Waals surface area (Å²) in [5.74, 6) is -0.280. The van der Waals surface area contributed by atoms with E-state index in [0.717, 1.165) is 11.4 Å². The third kappa shape index (κ3) is 5.39. The summed E-state index contributed by atoms with van der Waals surface area (Å²) in [5, 5.41) is 8.80. The van der Waals surface area contributed by atoms with Gasteiger partial charge in [-0.3, -0.25) is 14.6 Å². The number of benzene rings is 1. The lowest BCUT2D eigenvalue weighted by Gasteiger charge is -2.20. The Hall–Kier alpha value is -2.89. The quantitative estimate of drug-likeness (QED) is 0.805. The fourth-order valence-corrected chi connectivity index (χ4v) is 2.05. The molecule has 6 nitrogen and oxygen atoms in total. The molecule has 0 saturated carbocycles. The molecule has 0 aliphatic carbocycles. The van der Waals surface area contributed by atoms with Crippen LogP contribution >= 0.6 is 0 Å². The zero-order valence-electron chi connectivity index (χ0n) is 14.3. The van der Waals surface area contributed by atoms with Crippen LogP contribution in [-0.4, -0.2) is 22.3 Å². The van der Waals surface area contributed by atoms with Gasteiger partial charge in [0, 0.05) is 30.0 Å². The van der Waals surface area contributed by atoms with Gasteiger partial charge >= 0.3 is 0 Å². The number of rotatable bonds is 4. The Morgan fingerprint density at radius 1 is 0.958 bits per heavy atom. The highest BCUT2D eigenvalue weighted by atomic mass is 16.2. The molecule has 0 aliphatic heterocycles. The standard InChI is InChI=1S/C18H22N4O2/c1-12(23)20-14-5-7-15(8-6-14)21-16-9-13(10-19-11-16)17(24)22-18(2,3)4/h5-11,21H,1-4H3,(H,20,23)(H,22,24). The number of anilines is 3. The molecule has 0 aliphatic rings. The van der Waals surface area contributed by atoms with Gasteiger partial charge in [-0.2, -0.15) is 0 Å². The first kappa shape index (κ1) is 17.5. The molecular formula is C18H22N4O2. The lowest BCUT2D eigenvalue weighted by molar-refractivity contribution is -0.114. The van der Waals surface area contributed by atoms with E-state index in [-0.39, 0.29) is 17.4 Å². The summed E-state index contributed by atoms with van der Waals surface area (Å²) >= 11 is 0. The molecule has 1 aromatic carbocycles. The molecule has 2 rings (SSSR count). The smallest absolute Gasteiger partial charge is 0.253 e. The summed E-state index contributed by atoms with van der Waals surface area (Å²) in [6, 6.07) is 9.02. The van der Waals surface area contributed by atoms with Gasteiger partial charge in [0.25, 0.3) is 5.91 Å². The van der Waals surface area contributed by atoms with Crippen molar-refractivity contribution in [3.8, 4) is 0 Å². The highest BCUT2D eigenvalue weighted by molar-refractivity contribution is 5.95. The molecule has 0 bridgehead atoms. The van der Waals surface area contributed by atoms with Crippen LogP contribution in [0, 0.1) is 0 Å². The van der Waals surface area contributed by atoms with Gasteiger partial charge in [-0.1, -0.05) is 0 Å². The first-order chi connectivity index (χ1) is 11.2. The maximum absolute atomic E-state index is 12.2. The number of carbonyl (C=O) groups is 2. The van der Waals surface area contributed by atoms with E-state index in [4.69, 9.17) is 0 Å². The van der Waals surface area contributed by atoms with Crippen molar-refractivity contribution >= 4 is 28.9 Å². The van der Waals surface area contributed by atoms with E-state index < -0.39 is 0 Å². The number of carbonyl (C=O) groups excluding carboxylic acids is 2. The molecule has 0 saturated heterocycles. The lowest BCUT2D eigenvalue weighted by Crippen LogP contribution is -2.40. The van der Waals surface area contributed by atoms with E-state index in [1.807, 2.05) is 32.9 Å². The van der Waals surface area contributed by atoms with Crippen LogP contribution in [0.4, 0.5) is 17.1 Å². The monoisotopic (exact) mass is 326 g/mol. The van der Waals surface area contributed by atoms with E-state index in [2.05, 4.69) is 20.9 Å². The van der Waals surface area contributed by atoms with E-state index >= 15 is 0 Å². The van der Waals surface area contributed by atoms with Crippen LogP contribution in [0.1, 0.15) is 38.1 Å². The van der Waals surface area contributed by atoms with Gasteiger partial charge < -0.3 is 16.0 Å². The molecular weight excluding hydrogens is 304 g/mol. The molecule has 126 valence electrons. The average molecular weight is 326 g/mol. The Balaban J connectivity index is 2.09. The number of amides is 2. The first-order valence-electron chi connectivity index (χ1n) is 7.65. The number of nitrogens with one attached hydrogen (secondary N) is 3. The van der Waals surface area contributed by atoms with E-state index in [0.29, 0.717) is 11.3 Å². The minimum atomic E-state index is -0.305. The topological polar surface area (TPSA) is 83.1 Å². The van der Waals surface area contributed by atoms with Crippen LogP contribution in [0.2, 0.25) is 0 Å². The molecule has 0 atom stereocenters. The van der Waals surface area contributed by atoms with Gasteiger partial charge in [-0.05, 0) is 51.1 Å². The molecule has 1 heterocycles. The number of hydrogen-bond acceptors (Lipinski definition) is 4. The molecule has 1 aromatic heterocycles. The molecule has 3 N–H and O–H groups in total. The molecule has 0 fully saturated rings. The summed E-state index contributed by atoms with van der Waals surface area (Å²) in [6.45, 7) is 7.25. The summed E-state index contributed by atoms with van der Waals surface area (Å²) in [4.78, 5) is 27.3. The molecule has 24 heavy (non-hydrogen) atoms. The van der Waals surface area contributed by atoms with E-state index in [1.54, 1.807) is 24.4 Å². The number of hydrogen-bond donors (Lipinski definition) is 3. The third-order valence-electron chi connectivity index (χ3n) is 2.98. The summed E-state index contributed by atoms with van der Waals surface area (Å²) in [5.41, 5.74) is 2.46. The largest absolute Gasteiger partial charge is 0.354 e. The van der Waals surface area contributed by atoms with Crippen LogP contribution in [0.3, 0.4) is 0 Å². The Morgan fingerprint density at radius 3 is 2.17 bits per heavy atom. The zero-order valence-corrected chi connectivity index (χ0v) is 14.3. The average Bonchev–Trinajstić information content (AvgIpc) is 2.47.